The van der Waals surface area contributed by atoms with E-state index < -0.39 is 0 Å². The van der Waals surface area contributed by atoms with Crippen molar-refractivity contribution in [2.45, 2.75) is 26.4 Å². The molecule has 1 heterocycles. The summed E-state index contributed by atoms with van der Waals surface area (Å²) >= 11 is 3.57. The van der Waals surface area contributed by atoms with Crippen molar-refractivity contribution in [1.82, 2.24) is 20.1 Å². The van der Waals surface area contributed by atoms with Gasteiger partial charge in [-0.2, -0.15) is 0 Å². The van der Waals surface area contributed by atoms with Crippen molar-refractivity contribution >= 4 is 15.9 Å². The van der Waals surface area contributed by atoms with E-state index in [4.69, 9.17) is 0 Å². The molecule has 0 amide bonds. The molecule has 5 heteroatoms. The summed E-state index contributed by atoms with van der Waals surface area (Å²) in [6, 6.07) is 8.50. The van der Waals surface area contributed by atoms with Crippen LogP contribution in [0, 0.1) is 6.92 Å². The van der Waals surface area contributed by atoms with Gasteiger partial charge in [-0.25, -0.2) is 0 Å². The fourth-order valence-corrected chi connectivity index (χ4v) is 2.41. The lowest BCUT2D eigenvalue weighted by atomic mass is 10.1. The number of nitrogens with zero attached hydrogens (tertiary/aromatic N) is 3. The van der Waals surface area contributed by atoms with E-state index in [1.165, 1.54) is 5.56 Å². The Bertz CT molecular complexity index is 536. The quantitative estimate of drug-likeness (QED) is 0.944. The Morgan fingerprint density at radius 1 is 1.33 bits per heavy atom. The van der Waals surface area contributed by atoms with E-state index in [2.05, 4.69) is 50.5 Å². The van der Waals surface area contributed by atoms with E-state index >= 15 is 0 Å². The molecule has 0 spiro atoms. The molecule has 0 aliphatic heterocycles. The first kappa shape index (κ1) is 13.2. The SMILES string of the molecule is Cc1nnc(CN[C@H](C)c2ccccc2Br)n1C. The van der Waals surface area contributed by atoms with Gasteiger partial charge in [-0.15, -0.1) is 10.2 Å². The number of hydrogen-bond donors (Lipinski definition) is 1. The van der Waals surface area contributed by atoms with Crippen LogP contribution in [0.2, 0.25) is 0 Å². The predicted molar refractivity (Wildman–Crippen MR) is 75.1 cm³/mol. The molecule has 18 heavy (non-hydrogen) atoms. The molecule has 1 aromatic carbocycles. The molecule has 0 radical (unpaired) electrons. The lowest BCUT2D eigenvalue weighted by Gasteiger charge is -2.15. The number of hydrogen-bond acceptors (Lipinski definition) is 3. The average Bonchev–Trinajstić information content (AvgIpc) is 2.68. The average molecular weight is 309 g/mol. The molecule has 0 aliphatic rings. The Hall–Kier alpha value is -1.20. The fourth-order valence-electron chi connectivity index (χ4n) is 1.79. The van der Waals surface area contributed by atoms with E-state index in [0.29, 0.717) is 6.54 Å². The van der Waals surface area contributed by atoms with Crippen molar-refractivity contribution in [2.75, 3.05) is 0 Å². The molecule has 4 nitrogen and oxygen atoms in total. The lowest BCUT2D eigenvalue weighted by Crippen LogP contribution is -2.20. The van der Waals surface area contributed by atoms with Crippen molar-refractivity contribution in [3.8, 4) is 0 Å². The van der Waals surface area contributed by atoms with E-state index in [9.17, 15) is 0 Å². The van der Waals surface area contributed by atoms with Gasteiger partial charge >= 0.3 is 0 Å². The van der Waals surface area contributed by atoms with Crippen molar-refractivity contribution in [3.63, 3.8) is 0 Å². The molecule has 0 saturated carbocycles. The zero-order valence-corrected chi connectivity index (χ0v) is 12.4. The van der Waals surface area contributed by atoms with Crippen LogP contribution in [0.4, 0.5) is 0 Å². The highest BCUT2D eigenvalue weighted by atomic mass is 79.9. The van der Waals surface area contributed by atoms with Gasteiger partial charge in [0.15, 0.2) is 0 Å². The van der Waals surface area contributed by atoms with Gasteiger partial charge in [-0.3, -0.25) is 0 Å². The summed E-state index contributed by atoms with van der Waals surface area (Å²) in [4.78, 5) is 0. The summed E-state index contributed by atoms with van der Waals surface area (Å²) in [5.74, 6) is 1.88. The molecule has 96 valence electrons. The molecular formula is C13H17BrN4. The molecule has 1 atom stereocenters. The third kappa shape index (κ3) is 2.79. The predicted octanol–water partition coefficient (Wildman–Crippen LogP) is 2.74. The highest BCUT2D eigenvalue weighted by Crippen LogP contribution is 2.22. The zero-order chi connectivity index (χ0) is 13.1. The maximum Gasteiger partial charge on any atom is 0.146 e. The summed E-state index contributed by atoms with van der Waals surface area (Å²) in [5.41, 5.74) is 1.25. The first-order valence-corrected chi connectivity index (χ1v) is 6.71. The van der Waals surface area contributed by atoms with Crippen LogP contribution < -0.4 is 5.32 Å². The largest absolute Gasteiger partial charge is 0.317 e. The minimum absolute atomic E-state index is 0.262. The Morgan fingerprint density at radius 3 is 2.67 bits per heavy atom. The lowest BCUT2D eigenvalue weighted by molar-refractivity contribution is 0.546. The van der Waals surface area contributed by atoms with Crippen molar-refractivity contribution < 1.29 is 0 Å². The third-order valence-corrected chi connectivity index (χ3v) is 3.84. The van der Waals surface area contributed by atoms with Gasteiger partial charge in [0.1, 0.15) is 11.6 Å². The van der Waals surface area contributed by atoms with Crippen LogP contribution in [0.5, 0.6) is 0 Å². The van der Waals surface area contributed by atoms with E-state index in [-0.39, 0.29) is 6.04 Å². The van der Waals surface area contributed by atoms with Gasteiger partial charge in [0.05, 0.1) is 6.54 Å². The van der Waals surface area contributed by atoms with Gasteiger partial charge < -0.3 is 9.88 Å². The summed E-state index contributed by atoms with van der Waals surface area (Å²) in [7, 11) is 1.98. The standard InChI is InChI=1S/C13H17BrN4/c1-9(11-6-4-5-7-12(11)14)15-8-13-17-16-10(2)18(13)3/h4-7,9,15H,8H2,1-3H3/t9-/m1/s1. The zero-order valence-electron chi connectivity index (χ0n) is 10.8. The maximum absolute atomic E-state index is 4.14. The van der Waals surface area contributed by atoms with Crippen LogP contribution in [-0.4, -0.2) is 14.8 Å². The Morgan fingerprint density at radius 2 is 2.06 bits per heavy atom. The van der Waals surface area contributed by atoms with Crippen LogP contribution in [0.15, 0.2) is 28.7 Å². The molecule has 0 unspecified atom stereocenters. The summed E-state index contributed by atoms with van der Waals surface area (Å²) in [5, 5.41) is 11.6. The third-order valence-electron chi connectivity index (χ3n) is 3.12. The summed E-state index contributed by atoms with van der Waals surface area (Å²) in [6.07, 6.45) is 0. The van der Waals surface area contributed by atoms with Gasteiger partial charge in [0, 0.05) is 17.6 Å². The number of halogens is 1. The molecule has 1 N–H and O–H groups in total. The molecule has 0 aliphatic carbocycles. The number of aromatic nitrogens is 3. The van der Waals surface area contributed by atoms with Crippen LogP contribution in [0.3, 0.4) is 0 Å². The summed E-state index contributed by atoms with van der Waals surface area (Å²) < 4.78 is 3.12. The highest BCUT2D eigenvalue weighted by Gasteiger charge is 2.10. The second-order valence-corrected chi connectivity index (χ2v) is 5.20. The normalized spacial score (nSPS) is 12.7. The van der Waals surface area contributed by atoms with Gasteiger partial charge in [-0.05, 0) is 25.5 Å². The second kappa shape index (κ2) is 5.63. The number of rotatable bonds is 4. The van der Waals surface area contributed by atoms with Gasteiger partial charge in [0.25, 0.3) is 0 Å². The van der Waals surface area contributed by atoms with Gasteiger partial charge in [0.2, 0.25) is 0 Å². The van der Waals surface area contributed by atoms with Crippen LogP contribution in [0.1, 0.15) is 30.2 Å². The maximum atomic E-state index is 4.14. The molecule has 2 rings (SSSR count). The van der Waals surface area contributed by atoms with Crippen molar-refractivity contribution in [3.05, 3.63) is 46.0 Å². The van der Waals surface area contributed by atoms with Crippen LogP contribution >= 0.6 is 15.9 Å². The van der Waals surface area contributed by atoms with E-state index in [1.54, 1.807) is 0 Å². The second-order valence-electron chi connectivity index (χ2n) is 4.35. The first-order valence-electron chi connectivity index (χ1n) is 5.92. The minimum Gasteiger partial charge on any atom is -0.317 e. The first-order chi connectivity index (χ1) is 8.59. The molecule has 0 saturated heterocycles. The van der Waals surface area contributed by atoms with E-state index in [1.807, 2.05) is 30.7 Å². The Labute approximate surface area is 116 Å². The van der Waals surface area contributed by atoms with Gasteiger partial charge in [-0.1, -0.05) is 34.1 Å². The topological polar surface area (TPSA) is 42.7 Å². The Balaban J connectivity index is 2.03. The Kier molecular flexibility index (Phi) is 4.14. The molecular weight excluding hydrogens is 292 g/mol. The molecule has 0 bridgehead atoms. The minimum atomic E-state index is 0.262. The molecule has 2 aromatic rings. The van der Waals surface area contributed by atoms with Crippen LogP contribution in [0.25, 0.3) is 0 Å². The smallest absolute Gasteiger partial charge is 0.146 e. The van der Waals surface area contributed by atoms with Crippen LogP contribution in [-0.2, 0) is 13.6 Å². The monoisotopic (exact) mass is 308 g/mol. The molecule has 1 aromatic heterocycles. The van der Waals surface area contributed by atoms with E-state index in [0.717, 1.165) is 16.1 Å². The number of nitrogens with one attached hydrogen (secondary N) is 1. The highest BCUT2D eigenvalue weighted by molar-refractivity contribution is 9.10. The van der Waals surface area contributed by atoms with Crippen molar-refractivity contribution in [1.29, 1.82) is 0 Å². The molecule has 0 fully saturated rings. The number of aryl methyl sites for hydroxylation is 1. The summed E-state index contributed by atoms with van der Waals surface area (Å²) in [6.45, 7) is 4.80. The van der Waals surface area contributed by atoms with Crippen molar-refractivity contribution in [2.24, 2.45) is 7.05 Å². The fraction of sp³-hybridized carbons (Fsp3) is 0.385. The number of benzene rings is 1.